The van der Waals surface area contributed by atoms with Crippen LogP contribution in [0.2, 0.25) is 0 Å². The monoisotopic (exact) mass is 560 g/mol. The van der Waals surface area contributed by atoms with Gasteiger partial charge >= 0.3 is 0 Å². The summed E-state index contributed by atoms with van der Waals surface area (Å²) in [7, 11) is 1.72. The van der Waals surface area contributed by atoms with Gasteiger partial charge in [-0.05, 0) is 124 Å². The highest BCUT2D eigenvalue weighted by atomic mass is 19.1. The smallest absolute Gasteiger partial charge is 0.165 e. The molecule has 1 N–H and O–H groups in total. The molecule has 2 saturated heterocycles. The Morgan fingerprint density at radius 2 is 1.80 bits per heavy atom. The van der Waals surface area contributed by atoms with Crippen LogP contribution in [0.3, 0.4) is 0 Å². The third-order valence-corrected chi connectivity index (χ3v) is 10.1. The van der Waals surface area contributed by atoms with Gasteiger partial charge in [-0.1, -0.05) is 18.2 Å². The van der Waals surface area contributed by atoms with Gasteiger partial charge in [-0.2, -0.15) is 0 Å². The van der Waals surface area contributed by atoms with E-state index in [0.717, 1.165) is 37.1 Å². The Balaban J connectivity index is 1.15. The molecule has 3 atom stereocenters. The van der Waals surface area contributed by atoms with Crippen LogP contribution in [0.4, 0.5) is 4.39 Å². The van der Waals surface area contributed by atoms with Crippen molar-refractivity contribution in [3.05, 3.63) is 82.9 Å². The summed E-state index contributed by atoms with van der Waals surface area (Å²) in [5.74, 6) is 2.08. The maximum absolute atomic E-state index is 15.2. The van der Waals surface area contributed by atoms with Crippen LogP contribution in [0, 0.1) is 17.7 Å². The highest BCUT2D eigenvalue weighted by Gasteiger charge is 2.39. The Hall–Kier alpha value is -2.83. The molecule has 2 aromatic rings. The van der Waals surface area contributed by atoms with Crippen molar-refractivity contribution >= 4 is 0 Å². The quantitative estimate of drug-likeness (QED) is 0.353. The summed E-state index contributed by atoms with van der Waals surface area (Å²) in [6.45, 7) is 6.50. The van der Waals surface area contributed by atoms with Gasteiger partial charge in [-0.3, -0.25) is 9.80 Å². The molecule has 2 bridgehead atoms. The van der Waals surface area contributed by atoms with Crippen molar-refractivity contribution in [2.24, 2.45) is 11.8 Å². The van der Waals surface area contributed by atoms with Crippen molar-refractivity contribution in [1.29, 1.82) is 0 Å². The molecule has 2 aliphatic carbocycles. The molecule has 2 aliphatic heterocycles. The number of rotatable bonds is 10. The number of hydrogen-bond acceptors (Lipinski definition) is 5. The van der Waals surface area contributed by atoms with E-state index in [1.807, 2.05) is 18.2 Å². The standard InChI is InChI=1S/C35H45FN2O3/c1-23(2)38(22-24-4-15-35(33(36)18-24)41-17-16-37-28-8-9-29(37)11-10-28)34-21-31(40-3)13-14-32(34)27-6-5-26-20-30(39)12-7-25(26)19-27/h4,7,12-15,18,20-21,23,27-29,32,34,39H,5-6,8-11,16-17,19,22H2,1-3H3/t27-,28?,29?,32?,34?/m1/s1. The lowest BCUT2D eigenvalue weighted by molar-refractivity contribution is 0.110. The molecule has 41 heavy (non-hydrogen) atoms. The van der Waals surface area contributed by atoms with Crippen molar-refractivity contribution in [3.8, 4) is 11.5 Å². The predicted molar refractivity (Wildman–Crippen MR) is 160 cm³/mol. The molecule has 0 aromatic heterocycles. The van der Waals surface area contributed by atoms with Gasteiger partial charge < -0.3 is 14.6 Å². The van der Waals surface area contributed by atoms with E-state index in [-0.39, 0.29) is 17.9 Å². The van der Waals surface area contributed by atoms with Crippen molar-refractivity contribution in [3.63, 3.8) is 0 Å². The number of ether oxygens (including phenoxy) is 2. The molecule has 2 heterocycles. The number of aryl methyl sites for hydroxylation is 1. The van der Waals surface area contributed by atoms with E-state index in [2.05, 4.69) is 47.9 Å². The fraction of sp³-hybridized carbons (Fsp3) is 0.543. The second-order valence-corrected chi connectivity index (χ2v) is 12.7. The average molecular weight is 561 g/mol. The van der Waals surface area contributed by atoms with Crippen LogP contribution in [-0.4, -0.2) is 59.3 Å². The summed E-state index contributed by atoms with van der Waals surface area (Å²) < 4.78 is 26.8. The number of benzene rings is 2. The van der Waals surface area contributed by atoms with Crippen LogP contribution in [-0.2, 0) is 24.1 Å². The van der Waals surface area contributed by atoms with Gasteiger partial charge in [-0.15, -0.1) is 0 Å². The third-order valence-electron chi connectivity index (χ3n) is 10.1. The zero-order chi connectivity index (χ0) is 28.5. The topological polar surface area (TPSA) is 45.2 Å². The van der Waals surface area contributed by atoms with Crippen LogP contribution in [0.15, 0.2) is 60.4 Å². The van der Waals surface area contributed by atoms with E-state index < -0.39 is 0 Å². The lowest BCUT2D eigenvalue weighted by Gasteiger charge is -2.43. The average Bonchev–Trinajstić information content (AvgIpc) is 3.55. The first-order valence-electron chi connectivity index (χ1n) is 15.6. The summed E-state index contributed by atoms with van der Waals surface area (Å²) in [4.78, 5) is 5.04. The SMILES string of the molecule is COC1=CC(N(Cc2ccc(OCCN3C4CCC3CC4)c(F)c2)C(C)C)C([C@@H]2CCc3cc(O)ccc3C2)C=C1. The summed E-state index contributed by atoms with van der Waals surface area (Å²) in [6.07, 6.45) is 14.9. The number of methoxy groups -OCH3 is 1. The van der Waals surface area contributed by atoms with Crippen LogP contribution in [0.5, 0.6) is 11.5 Å². The lowest BCUT2D eigenvalue weighted by atomic mass is 9.72. The molecule has 5 nitrogen and oxygen atoms in total. The van der Waals surface area contributed by atoms with E-state index in [1.165, 1.54) is 36.8 Å². The molecule has 0 spiro atoms. The van der Waals surface area contributed by atoms with Gasteiger partial charge in [0, 0.05) is 37.3 Å². The van der Waals surface area contributed by atoms with Gasteiger partial charge in [0.15, 0.2) is 11.6 Å². The van der Waals surface area contributed by atoms with Crippen molar-refractivity contribution in [2.45, 2.75) is 89.5 Å². The number of phenols is 1. The van der Waals surface area contributed by atoms with Crippen molar-refractivity contribution in [2.75, 3.05) is 20.3 Å². The number of fused-ring (bicyclic) bond motifs is 3. The molecular weight excluding hydrogens is 515 g/mol. The van der Waals surface area contributed by atoms with Crippen molar-refractivity contribution < 1.29 is 19.0 Å². The van der Waals surface area contributed by atoms with Crippen LogP contribution >= 0.6 is 0 Å². The molecule has 0 amide bonds. The van der Waals surface area contributed by atoms with Gasteiger partial charge in [0.1, 0.15) is 18.1 Å². The Kier molecular flexibility index (Phi) is 8.41. The first kappa shape index (κ1) is 28.3. The number of nitrogens with zero attached hydrogens (tertiary/aromatic N) is 2. The summed E-state index contributed by atoms with van der Waals surface area (Å²) in [5, 5.41) is 9.94. The first-order chi connectivity index (χ1) is 19.9. The molecule has 2 unspecified atom stereocenters. The molecule has 220 valence electrons. The minimum absolute atomic E-state index is 0.133. The number of aromatic hydroxyl groups is 1. The molecule has 6 heteroatoms. The van der Waals surface area contributed by atoms with Crippen LogP contribution in [0.1, 0.15) is 62.6 Å². The maximum Gasteiger partial charge on any atom is 0.165 e. The summed E-state index contributed by atoms with van der Waals surface area (Å²) in [6, 6.07) is 13.1. The van der Waals surface area contributed by atoms with Crippen molar-refractivity contribution in [1.82, 2.24) is 9.80 Å². The third kappa shape index (κ3) is 6.05. The Morgan fingerprint density at radius 1 is 1.02 bits per heavy atom. The second kappa shape index (κ2) is 12.2. The molecule has 2 aromatic carbocycles. The van der Waals surface area contributed by atoms with Crippen LogP contribution in [0.25, 0.3) is 0 Å². The number of halogens is 1. The fourth-order valence-corrected chi connectivity index (χ4v) is 7.89. The minimum atomic E-state index is -0.282. The Bertz CT molecular complexity index is 1270. The zero-order valence-corrected chi connectivity index (χ0v) is 24.8. The van der Waals surface area contributed by atoms with E-state index in [1.54, 1.807) is 19.2 Å². The van der Waals surface area contributed by atoms with Gasteiger partial charge in [0.2, 0.25) is 0 Å². The van der Waals surface area contributed by atoms with E-state index in [9.17, 15) is 5.11 Å². The number of allylic oxidation sites excluding steroid dienone is 1. The molecule has 2 fully saturated rings. The largest absolute Gasteiger partial charge is 0.508 e. The van der Waals surface area contributed by atoms with Gasteiger partial charge in [0.05, 0.1) is 7.11 Å². The number of phenolic OH excluding ortho intramolecular Hbond substituents is 1. The highest BCUT2D eigenvalue weighted by Crippen LogP contribution is 2.39. The second-order valence-electron chi connectivity index (χ2n) is 12.7. The molecule has 4 aliphatic rings. The molecule has 0 radical (unpaired) electrons. The predicted octanol–water partition coefficient (Wildman–Crippen LogP) is 6.64. The Morgan fingerprint density at radius 3 is 2.51 bits per heavy atom. The first-order valence-corrected chi connectivity index (χ1v) is 15.6. The Labute approximate surface area is 244 Å². The minimum Gasteiger partial charge on any atom is -0.508 e. The van der Waals surface area contributed by atoms with Gasteiger partial charge in [0.25, 0.3) is 0 Å². The highest BCUT2D eigenvalue weighted by molar-refractivity contribution is 5.37. The fourth-order valence-electron chi connectivity index (χ4n) is 7.89. The van der Waals surface area contributed by atoms with E-state index >= 15 is 4.39 Å². The van der Waals surface area contributed by atoms with Gasteiger partial charge in [-0.25, -0.2) is 4.39 Å². The number of hydrogen-bond donors (Lipinski definition) is 1. The molecule has 0 saturated carbocycles. The van der Waals surface area contributed by atoms with E-state index in [4.69, 9.17) is 9.47 Å². The molecular formula is C35H45FN2O3. The summed E-state index contributed by atoms with van der Waals surface area (Å²) in [5.41, 5.74) is 3.54. The lowest BCUT2D eigenvalue weighted by Crippen LogP contribution is -2.46. The zero-order valence-electron chi connectivity index (χ0n) is 24.8. The maximum atomic E-state index is 15.2. The van der Waals surface area contributed by atoms with Crippen LogP contribution < -0.4 is 4.74 Å². The normalized spacial score (nSPS) is 27.4. The molecule has 6 rings (SSSR count). The summed E-state index contributed by atoms with van der Waals surface area (Å²) >= 11 is 0. The van der Waals surface area contributed by atoms with E-state index in [0.29, 0.717) is 48.6 Å².